The Bertz CT molecular complexity index is 886. The molecule has 0 N–H and O–H groups in total. The minimum absolute atomic E-state index is 0.242. The summed E-state index contributed by atoms with van der Waals surface area (Å²) in [7, 11) is 0. The Hall–Kier alpha value is -2.64. The highest BCUT2D eigenvalue weighted by Crippen LogP contribution is 2.27. The van der Waals surface area contributed by atoms with Crippen LogP contribution in [-0.4, -0.2) is 61.2 Å². The number of benzene rings is 1. The van der Waals surface area contributed by atoms with Crippen LogP contribution in [0.1, 0.15) is 43.3 Å². The molecule has 3 heterocycles. The molecule has 1 unspecified atom stereocenters. The maximum atomic E-state index is 4.47. The van der Waals surface area contributed by atoms with Crippen LogP contribution in [0, 0.1) is 5.92 Å². The van der Waals surface area contributed by atoms with Crippen LogP contribution in [0.25, 0.3) is 0 Å². The molecule has 0 amide bonds. The summed E-state index contributed by atoms with van der Waals surface area (Å²) in [5.74, 6) is 1.56. The number of pyridine rings is 1. The van der Waals surface area contributed by atoms with Crippen molar-refractivity contribution in [3.05, 3.63) is 71.8 Å². The molecular formula is C23H31N7. The molecule has 4 rings (SSSR count). The Morgan fingerprint density at radius 3 is 2.27 bits per heavy atom. The second-order valence-electron chi connectivity index (χ2n) is 8.49. The predicted octanol–water partition coefficient (Wildman–Crippen LogP) is 3.02. The number of hydrogen-bond donors (Lipinski definition) is 0. The summed E-state index contributed by atoms with van der Waals surface area (Å²) in [6.07, 6.45) is 4.80. The Labute approximate surface area is 178 Å². The van der Waals surface area contributed by atoms with Crippen LogP contribution >= 0.6 is 0 Å². The van der Waals surface area contributed by atoms with Gasteiger partial charge < -0.3 is 0 Å². The average Bonchev–Trinajstić information content (AvgIpc) is 3.22. The molecule has 1 atom stereocenters. The molecule has 1 aromatic carbocycles. The molecule has 7 nitrogen and oxygen atoms in total. The summed E-state index contributed by atoms with van der Waals surface area (Å²) in [5, 5.41) is 12.8. The molecule has 0 spiro atoms. The van der Waals surface area contributed by atoms with Gasteiger partial charge in [0.1, 0.15) is 0 Å². The first kappa shape index (κ1) is 20.6. The van der Waals surface area contributed by atoms with E-state index in [4.69, 9.17) is 0 Å². The van der Waals surface area contributed by atoms with E-state index in [-0.39, 0.29) is 6.04 Å². The maximum Gasteiger partial charge on any atom is 0.168 e. The van der Waals surface area contributed by atoms with Crippen molar-refractivity contribution < 1.29 is 0 Å². The molecule has 1 fully saturated rings. The number of hydrogen-bond acceptors (Lipinski definition) is 6. The monoisotopic (exact) mass is 405 g/mol. The Kier molecular flexibility index (Phi) is 6.81. The van der Waals surface area contributed by atoms with E-state index < -0.39 is 0 Å². The lowest BCUT2D eigenvalue weighted by molar-refractivity contribution is 0.0770. The normalized spacial score (nSPS) is 16.8. The van der Waals surface area contributed by atoms with Crippen molar-refractivity contribution in [1.29, 1.82) is 0 Å². The molecule has 30 heavy (non-hydrogen) atoms. The van der Waals surface area contributed by atoms with Gasteiger partial charge in [-0.25, -0.2) is 4.68 Å². The number of aromatic nitrogens is 5. The van der Waals surface area contributed by atoms with Crippen molar-refractivity contribution in [3.63, 3.8) is 0 Å². The van der Waals surface area contributed by atoms with Crippen LogP contribution in [-0.2, 0) is 13.1 Å². The highest BCUT2D eigenvalue weighted by atomic mass is 15.6. The van der Waals surface area contributed by atoms with Crippen molar-refractivity contribution >= 4 is 0 Å². The fraction of sp³-hybridized carbons (Fsp3) is 0.478. The van der Waals surface area contributed by atoms with Gasteiger partial charge in [0.15, 0.2) is 5.82 Å². The first-order valence-corrected chi connectivity index (χ1v) is 10.8. The van der Waals surface area contributed by atoms with Gasteiger partial charge in [0.25, 0.3) is 0 Å². The fourth-order valence-electron chi connectivity index (χ4n) is 4.16. The second-order valence-corrected chi connectivity index (χ2v) is 8.49. The average molecular weight is 406 g/mol. The van der Waals surface area contributed by atoms with Gasteiger partial charge >= 0.3 is 0 Å². The van der Waals surface area contributed by atoms with E-state index in [1.54, 1.807) is 0 Å². The van der Waals surface area contributed by atoms with Gasteiger partial charge in [-0.2, -0.15) is 0 Å². The number of nitrogens with zero attached hydrogens (tertiary/aromatic N) is 7. The van der Waals surface area contributed by atoms with Crippen LogP contribution in [0.4, 0.5) is 0 Å². The Balaban J connectivity index is 1.44. The van der Waals surface area contributed by atoms with E-state index in [1.807, 2.05) is 23.1 Å². The van der Waals surface area contributed by atoms with Gasteiger partial charge in [0.2, 0.25) is 0 Å². The zero-order chi connectivity index (χ0) is 20.8. The zero-order valence-corrected chi connectivity index (χ0v) is 17.9. The van der Waals surface area contributed by atoms with E-state index in [0.29, 0.717) is 12.5 Å². The van der Waals surface area contributed by atoms with Crippen molar-refractivity contribution in [2.75, 3.05) is 26.2 Å². The first-order chi connectivity index (χ1) is 14.7. The highest BCUT2D eigenvalue weighted by Gasteiger charge is 2.29. The lowest BCUT2D eigenvalue weighted by Crippen LogP contribution is -2.48. The lowest BCUT2D eigenvalue weighted by atomic mass is 10.0. The number of tetrazole rings is 1. The first-order valence-electron chi connectivity index (χ1n) is 10.8. The predicted molar refractivity (Wildman–Crippen MR) is 117 cm³/mol. The topological polar surface area (TPSA) is 63.0 Å². The molecule has 1 aliphatic rings. The third-order valence-electron chi connectivity index (χ3n) is 5.73. The van der Waals surface area contributed by atoms with Crippen molar-refractivity contribution in [1.82, 2.24) is 35.0 Å². The van der Waals surface area contributed by atoms with Crippen LogP contribution < -0.4 is 0 Å². The maximum absolute atomic E-state index is 4.47. The van der Waals surface area contributed by atoms with E-state index in [2.05, 4.69) is 80.6 Å². The molecular weight excluding hydrogens is 374 g/mol. The molecule has 0 saturated carbocycles. The summed E-state index contributed by atoms with van der Waals surface area (Å²) in [6.45, 7) is 10.4. The second kappa shape index (κ2) is 9.91. The molecule has 0 bridgehead atoms. The third-order valence-corrected chi connectivity index (χ3v) is 5.73. The summed E-state index contributed by atoms with van der Waals surface area (Å²) in [4.78, 5) is 9.20. The van der Waals surface area contributed by atoms with Crippen LogP contribution in [0.15, 0.2) is 54.9 Å². The van der Waals surface area contributed by atoms with Crippen molar-refractivity contribution in [2.45, 2.75) is 39.4 Å². The summed E-state index contributed by atoms with van der Waals surface area (Å²) in [5.41, 5.74) is 2.54. The standard InChI is InChI=1S/C23H31N7/c1-19(2)16-22(23-25-26-27-30(23)18-20-6-4-3-5-7-20)29-14-12-28(13-15-29)17-21-8-10-24-11-9-21/h3-11,19,22H,12-18H2,1-2H3. The molecule has 1 aliphatic heterocycles. The SMILES string of the molecule is CC(C)CC(c1nnnn1Cc1ccccc1)N1CCN(Cc2ccncc2)CC1. The molecule has 2 aromatic heterocycles. The van der Waals surface area contributed by atoms with Crippen LogP contribution in [0.2, 0.25) is 0 Å². The Morgan fingerprint density at radius 1 is 0.867 bits per heavy atom. The largest absolute Gasteiger partial charge is 0.297 e. The molecule has 0 radical (unpaired) electrons. The Morgan fingerprint density at radius 2 is 1.57 bits per heavy atom. The van der Waals surface area contributed by atoms with Gasteiger partial charge in [0.05, 0.1) is 12.6 Å². The van der Waals surface area contributed by atoms with Gasteiger partial charge in [-0.15, -0.1) is 5.10 Å². The van der Waals surface area contributed by atoms with E-state index in [9.17, 15) is 0 Å². The zero-order valence-electron chi connectivity index (χ0n) is 17.9. The number of rotatable bonds is 8. The lowest BCUT2D eigenvalue weighted by Gasteiger charge is -2.39. The highest BCUT2D eigenvalue weighted by molar-refractivity contribution is 5.15. The van der Waals surface area contributed by atoms with Crippen LogP contribution in [0.5, 0.6) is 0 Å². The molecule has 3 aromatic rings. The van der Waals surface area contributed by atoms with Crippen LogP contribution in [0.3, 0.4) is 0 Å². The van der Waals surface area contributed by atoms with Gasteiger partial charge in [-0.3, -0.25) is 14.8 Å². The van der Waals surface area contributed by atoms with Gasteiger partial charge in [-0.1, -0.05) is 44.2 Å². The van der Waals surface area contributed by atoms with Gasteiger partial charge in [0, 0.05) is 45.1 Å². The summed E-state index contributed by atoms with van der Waals surface area (Å²) >= 11 is 0. The summed E-state index contributed by atoms with van der Waals surface area (Å²) < 4.78 is 1.98. The van der Waals surface area contributed by atoms with E-state index in [1.165, 1.54) is 11.1 Å². The minimum Gasteiger partial charge on any atom is -0.297 e. The minimum atomic E-state index is 0.242. The van der Waals surface area contributed by atoms with E-state index >= 15 is 0 Å². The molecule has 158 valence electrons. The molecule has 1 saturated heterocycles. The quantitative estimate of drug-likeness (QED) is 0.574. The van der Waals surface area contributed by atoms with E-state index in [0.717, 1.165) is 45.0 Å². The van der Waals surface area contributed by atoms with Gasteiger partial charge in [-0.05, 0) is 46.0 Å². The van der Waals surface area contributed by atoms with Crippen molar-refractivity contribution in [3.8, 4) is 0 Å². The fourth-order valence-corrected chi connectivity index (χ4v) is 4.16. The molecule has 0 aliphatic carbocycles. The number of piperazine rings is 1. The molecule has 7 heteroatoms. The summed E-state index contributed by atoms with van der Waals surface area (Å²) in [6, 6.07) is 14.9. The third kappa shape index (κ3) is 5.29. The smallest absolute Gasteiger partial charge is 0.168 e. The van der Waals surface area contributed by atoms with Crippen molar-refractivity contribution in [2.24, 2.45) is 5.92 Å².